The van der Waals surface area contributed by atoms with E-state index >= 15 is 0 Å². The molecule has 0 saturated heterocycles. The standard InChI is InChI=1S/C8H6ClF2IO/c9-6-2-1-5(12)3-7(6)13-4-8(10)11/h1-3,8H,4H2. The van der Waals surface area contributed by atoms with Crippen LogP contribution in [0.2, 0.25) is 5.02 Å². The van der Waals surface area contributed by atoms with Gasteiger partial charge in [-0.15, -0.1) is 0 Å². The molecule has 0 aliphatic rings. The number of hydrogen-bond acceptors (Lipinski definition) is 1. The molecule has 0 fully saturated rings. The van der Waals surface area contributed by atoms with Gasteiger partial charge in [0.25, 0.3) is 6.43 Å². The highest BCUT2D eigenvalue weighted by Gasteiger charge is 2.06. The molecular weight excluding hydrogens is 312 g/mol. The van der Waals surface area contributed by atoms with Gasteiger partial charge in [0.2, 0.25) is 0 Å². The number of alkyl halides is 2. The minimum atomic E-state index is -2.48. The third-order valence-electron chi connectivity index (χ3n) is 1.26. The zero-order chi connectivity index (χ0) is 9.84. The van der Waals surface area contributed by atoms with Gasteiger partial charge in [-0.25, -0.2) is 8.78 Å². The van der Waals surface area contributed by atoms with E-state index in [1.807, 2.05) is 0 Å². The van der Waals surface area contributed by atoms with Gasteiger partial charge >= 0.3 is 0 Å². The fraction of sp³-hybridized carbons (Fsp3) is 0.250. The first kappa shape index (κ1) is 11.0. The monoisotopic (exact) mass is 318 g/mol. The first-order valence-electron chi connectivity index (χ1n) is 3.45. The Balaban J connectivity index is 2.70. The van der Waals surface area contributed by atoms with E-state index in [-0.39, 0.29) is 0 Å². The second-order valence-electron chi connectivity index (χ2n) is 2.28. The molecule has 13 heavy (non-hydrogen) atoms. The lowest BCUT2D eigenvalue weighted by Crippen LogP contribution is -2.07. The molecule has 0 atom stereocenters. The van der Waals surface area contributed by atoms with Crippen molar-refractivity contribution < 1.29 is 13.5 Å². The van der Waals surface area contributed by atoms with Gasteiger partial charge in [-0.3, -0.25) is 0 Å². The zero-order valence-electron chi connectivity index (χ0n) is 6.44. The average molecular weight is 318 g/mol. The van der Waals surface area contributed by atoms with Crippen LogP contribution < -0.4 is 4.74 Å². The fourth-order valence-corrected chi connectivity index (χ4v) is 1.38. The summed E-state index contributed by atoms with van der Waals surface area (Å²) in [5, 5.41) is 0.348. The second kappa shape index (κ2) is 4.95. The molecule has 1 rings (SSSR count). The summed E-state index contributed by atoms with van der Waals surface area (Å²) in [6.45, 7) is -0.625. The number of ether oxygens (including phenoxy) is 1. The molecule has 1 aromatic rings. The van der Waals surface area contributed by atoms with E-state index in [1.54, 1.807) is 18.2 Å². The van der Waals surface area contributed by atoms with Crippen molar-refractivity contribution in [1.29, 1.82) is 0 Å². The lowest BCUT2D eigenvalue weighted by molar-refractivity contribution is 0.0819. The molecule has 1 nitrogen and oxygen atoms in total. The summed E-state index contributed by atoms with van der Waals surface area (Å²) in [6, 6.07) is 5.01. The number of benzene rings is 1. The predicted molar refractivity (Wildman–Crippen MR) is 55.7 cm³/mol. The van der Waals surface area contributed by atoms with Crippen LogP contribution in [0.3, 0.4) is 0 Å². The van der Waals surface area contributed by atoms with Gasteiger partial charge in [0.05, 0.1) is 5.02 Å². The van der Waals surface area contributed by atoms with Gasteiger partial charge in [-0.2, -0.15) is 0 Å². The van der Waals surface area contributed by atoms with Gasteiger partial charge < -0.3 is 4.74 Å². The number of hydrogen-bond donors (Lipinski definition) is 0. The van der Waals surface area contributed by atoms with Crippen LogP contribution in [0.4, 0.5) is 8.78 Å². The van der Waals surface area contributed by atoms with Crippen LogP contribution >= 0.6 is 34.2 Å². The topological polar surface area (TPSA) is 9.23 Å². The van der Waals surface area contributed by atoms with Gasteiger partial charge in [-0.1, -0.05) is 11.6 Å². The first-order valence-corrected chi connectivity index (χ1v) is 4.91. The van der Waals surface area contributed by atoms with Crippen LogP contribution in [-0.2, 0) is 0 Å². The summed E-state index contributed by atoms with van der Waals surface area (Å²) in [5.41, 5.74) is 0. The highest BCUT2D eigenvalue weighted by Crippen LogP contribution is 2.26. The lowest BCUT2D eigenvalue weighted by atomic mass is 10.3. The molecule has 0 spiro atoms. The van der Waals surface area contributed by atoms with Crippen molar-refractivity contribution >= 4 is 34.2 Å². The Bertz CT molecular complexity index is 293. The second-order valence-corrected chi connectivity index (χ2v) is 3.93. The van der Waals surface area contributed by atoms with E-state index in [1.165, 1.54) is 0 Å². The van der Waals surface area contributed by atoms with Crippen LogP contribution in [0.15, 0.2) is 18.2 Å². The van der Waals surface area contributed by atoms with Gasteiger partial charge in [-0.05, 0) is 40.8 Å². The van der Waals surface area contributed by atoms with Gasteiger partial charge in [0, 0.05) is 3.57 Å². The van der Waals surface area contributed by atoms with E-state index in [4.69, 9.17) is 16.3 Å². The highest BCUT2D eigenvalue weighted by atomic mass is 127. The van der Waals surface area contributed by atoms with E-state index in [9.17, 15) is 8.78 Å². The predicted octanol–water partition coefficient (Wildman–Crippen LogP) is 3.59. The Morgan fingerprint density at radius 2 is 2.15 bits per heavy atom. The first-order chi connectivity index (χ1) is 6.09. The smallest absolute Gasteiger partial charge is 0.272 e. The van der Waals surface area contributed by atoms with Crippen molar-refractivity contribution in [3.63, 3.8) is 0 Å². The third kappa shape index (κ3) is 3.64. The Labute approximate surface area is 93.2 Å². The molecule has 0 unspecified atom stereocenters. The minimum Gasteiger partial charge on any atom is -0.486 e. The Kier molecular flexibility index (Phi) is 4.18. The maximum absolute atomic E-state index is 11.8. The highest BCUT2D eigenvalue weighted by molar-refractivity contribution is 14.1. The molecule has 72 valence electrons. The average Bonchev–Trinajstić information content (AvgIpc) is 2.06. The summed E-state index contributed by atoms with van der Waals surface area (Å²) in [6.07, 6.45) is -2.48. The van der Waals surface area contributed by atoms with E-state index < -0.39 is 13.0 Å². The van der Waals surface area contributed by atoms with Crippen LogP contribution in [0, 0.1) is 3.57 Å². The largest absolute Gasteiger partial charge is 0.486 e. The summed E-state index contributed by atoms with van der Waals surface area (Å²) in [4.78, 5) is 0. The molecule has 0 heterocycles. The molecule has 0 amide bonds. The van der Waals surface area contributed by atoms with Crippen molar-refractivity contribution in [1.82, 2.24) is 0 Å². The van der Waals surface area contributed by atoms with Crippen molar-refractivity contribution in [2.75, 3.05) is 6.61 Å². The normalized spacial score (nSPS) is 10.5. The maximum atomic E-state index is 11.8. The fourth-order valence-electron chi connectivity index (χ4n) is 0.741. The van der Waals surface area contributed by atoms with Crippen LogP contribution in [0.1, 0.15) is 0 Å². The molecule has 0 radical (unpaired) electrons. The molecule has 0 N–H and O–H groups in total. The summed E-state index contributed by atoms with van der Waals surface area (Å²) < 4.78 is 29.3. The summed E-state index contributed by atoms with van der Waals surface area (Å²) >= 11 is 7.76. The van der Waals surface area contributed by atoms with Crippen molar-refractivity contribution in [3.8, 4) is 5.75 Å². The molecular formula is C8H6ClF2IO. The Morgan fingerprint density at radius 3 is 2.77 bits per heavy atom. The van der Waals surface area contributed by atoms with Crippen molar-refractivity contribution in [2.24, 2.45) is 0 Å². The molecule has 0 bridgehead atoms. The van der Waals surface area contributed by atoms with Crippen molar-refractivity contribution in [2.45, 2.75) is 6.43 Å². The number of rotatable bonds is 3. The molecule has 1 aromatic carbocycles. The quantitative estimate of drug-likeness (QED) is 0.774. The molecule has 0 saturated carbocycles. The molecule has 0 aliphatic carbocycles. The van der Waals surface area contributed by atoms with Crippen molar-refractivity contribution in [3.05, 3.63) is 26.8 Å². The zero-order valence-corrected chi connectivity index (χ0v) is 9.35. The van der Waals surface area contributed by atoms with Gasteiger partial charge in [0.15, 0.2) is 0 Å². The summed E-state index contributed by atoms with van der Waals surface area (Å²) in [5.74, 6) is 0.300. The number of halogens is 4. The summed E-state index contributed by atoms with van der Waals surface area (Å²) in [7, 11) is 0. The van der Waals surface area contributed by atoms with E-state index in [0.717, 1.165) is 3.57 Å². The van der Waals surface area contributed by atoms with E-state index in [0.29, 0.717) is 10.8 Å². The lowest BCUT2D eigenvalue weighted by Gasteiger charge is -2.07. The SMILES string of the molecule is FC(F)COc1cc(I)ccc1Cl. The third-order valence-corrected chi connectivity index (χ3v) is 2.24. The Hall–Kier alpha value is -0.100. The van der Waals surface area contributed by atoms with Crippen LogP contribution in [-0.4, -0.2) is 13.0 Å². The molecule has 0 aromatic heterocycles. The molecule has 0 aliphatic heterocycles. The minimum absolute atomic E-state index is 0.300. The van der Waals surface area contributed by atoms with Crippen LogP contribution in [0.25, 0.3) is 0 Å². The molecule has 5 heteroatoms. The maximum Gasteiger partial charge on any atom is 0.272 e. The van der Waals surface area contributed by atoms with Gasteiger partial charge in [0.1, 0.15) is 12.4 Å². The van der Waals surface area contributed by atoms with E-state index in [2.05, 4.69) is 22.6 Å². The Morgan fingerprint density at radius 1 is 1.46 bits per heavy atom. The van der Waals surface area contributed by atoms with Crippen LogP contribution in [0.5, 0.6) is 5.75 Å².